The number of allylic oxidation sites excluding steroid dienone is 9. The Kier molecular flexibility index (Phi) is 56.5. The van der Waals surface area contributed by atoms with Gasteiger partial charge in [-0.15, -0.1) is 0 Å². The highest BCUT2D eigenvalue weighted by atomic mass is 31.2. The number of aliphatic hydroxyl groups is 1. The lowest BCUT2D eigenvalue weighted by atomic mass is 10.0. The summed E-state index contributed by atoms with van der Waals surface area (Å²) in [7, 11) is 1.58. The van der Waals surface area contributed by atoms with Crippen LogP contribution in [0.3, 0.4) is 0 Å². The first-order valence-corrected chi connectivity index (χ1v) is 34.2. The minimum atomic E-state index is -4.35. The molecule has 3 N–H and O–H groups in total. The predicted octanol–water partition coefficient (Wildman–Crippen LogP) is 20.4. The summed E-state index contributed by atoms with van der Waals surface area (Å²) in [6.07, 6.45) is 79.3. The van der Waals surface area contributed by atoms with E-state index in [-0.39, 0.29) is 19.1 Å². The maximum atomic E-state index is 13.0. The number of carbonyl (C=O) groups is 1. The van der Waals surface area contributed by atoms with Gasteiger partial charge in [-0.25, -0.2) is 4.57 Å². The normalized spacial score (nSPS) is 14.1. The van der Waals surface area contributed by atoms with Gasteiger partial charge in [-0.1, -0.05) is 306 Å². The van der Waals surface area contributed by atoms with Crippen LogP contribution in [-0.4, -0.2) is 73.4 Å². The van der Waals surface area contributed by atoms with Gasteiger partial charge < -0.3 is 19.8 Å². The number of hydrogen-bond acceptors (Lipinski definition) is 5. The fourth-order valence-electron chi connectivity index (χ4n) is 9.68. The molecule has 0 aliphatic heterocycles. The topological polar surface area (TPSA) is 105 Å². The highest BCUT2D eigenvalue weighted by molar-refractivity contribution is 7.47. The van der Waals surface area contributed by atoms with Crippen molar-refractivity contribution in [3.8, 4) is 0 Å². The van der Waals surface area contributed by atoms with Crippen molar-refractivity contribution in [3.63, 3.8) is 0 Å². The number of phosphoric ester groups is 1. The first kappa shape index (κ1) is 74.2. The van der Waals surface area contributed by atoms with Crippen LogP contribution in [0.1, 0.15) is 309 Å². The molecule has 446 valence electrons. The lowest BCUT2D eigenvalue weighted by Gasteiger charge is -2.25. The van der Waals surface area contributed by atoms with Gasteiger partial charge in [0.1, 0.15) is 13.2 Å². The first-order chi connectivity index (χ1) is 37.0. The van der Waals surface area contributed by atoms with E-state index in [4.69, 9.17) is 9.05 Å². The SMILES string of the molecule is CC/C=C\C/C=C\C/C=C\C/C=C\CCCCCCCCCCCCCCCCCCCCCCCCCCC(=O)NC(COP(=O)(O)OCC[N+](C)(C)C)C(O)/C=C/CCCCCCCCCCCCCCCCC. The second-order valence-corrected chi connectivity index (χ2v) is 24.9. The molecule has 0 aromatic carbocycles. The number of likely N-dealkylation sites (N-methyl/N-ethyl adjacent to an activating group) is 1. The van der Waals surface area contributed by atoms with Crippen molar-refractivity contribution in [2.75, 3.05) is 40.9 Å². The van der Waals surface area contributed by atoms with E-state index in [0.717, 1.165) is 64.2 Å². The fraction of sp³-hybridized carbons (Fsp3) is 0.836. The summed E-state index contributed by atoms with van der Waals surface area (Å²) in [5.41, 5.74) is 0. The number of amides is 1. The largest absolute Gasteiger partial charge is 0.472 e. The molecule has 0 aromatic heterocycles. The third kappa shape index (κ3) is 59.9. The van der Waals surface area contributed by atoms with Crippen molar-refractivity contribution >= 4 is 13.7 Å². The summed E-state index contributed by atoms with van der Waals surface area (Å²) in [6, 6.07) is -0.846. The van der Waals surface area contributed by atoms with E-state index in [1.807, 2.05) is 27.2 Å². The van der Waals surface area contributed by atoms with Crippen LogP contribution in [0.15, 0.2) is 60.8 Å². The van der Waals surface area contributed by atoms with Crippen LogP contribution in [0.4, 0.5) is 0 Å². The maximum absolute atomic E-state index is 13.0. The van der Waals surface area contributed by atoms with Gasteiger partial charge >= 0.3 is 7.82 Å². The molecular weight excluding hydrogens is 960 g/mol. The number of nitrogens with one attached hydrogen (secondary N) is 1. The van der Waals surface area contributed by atoms with Crippen molar-refractivity contribution in [1.29, 1.82) is 0 Å². The van der Waals surface area contributed by atoms with Crippen molar-refractivity contribution in [2.24, 2.45) is 0 Å². The summed E-state index contributed by atoms with van der Waals surface area (Å²) in [5, 5.41) is 14.0. The van der Waals surface area contributed by atoms with Crippen LogP contribution in [0.2, 0.25) is 0 Å². The summed E-state index contributed by atoms with van der Waals surface area (Å²) in [5.74, 6) is -0.172. The van der Waals surface area contributed by atoms with Crippen LogP contribution in [0, 0.1) is 0 Å². The molecule has 0 aromatic rings. The molecule has 0 heterocycles. The first-order valence-electron chi connectivity index (χ1n) is 32.7. The summed E-state index contributed by atoms with van der Waals surface area (Å²) in [4.78, 5) is 23.3. The minimum Gasteiger partial charge on any atom is -0.387 e. The van der Waals surface area contributed by atoms with Gasteiger partial charge in [0, 0.05) is 6.42 Å². The Balaban J connectivity index is 3.96. The molecule has 1 amide bonds. The van der Waals surface area contributed by atoms with Crippen molar-refractivity contribution < 1.29 is 32.9 Å². The third-order valence-electron chi connectivity index (χ3n) is 14.7. The molecule has 0 saturated heterocycles. The van der Waals surface area contributed by atoms with Crippen LogP contribution in [0.25, 0.3) is 0 Å². The molecule has 0 bridgehead atoms. The van der Waals surface area contributed by atoms with E-state index in [1.165, 1.54) is 225 Å². The lowest BCUT2D eigenvalue weighted by Crippen LogP contribution is -2.45. The quantitative estimate of drug-likeness (QED) is 0.0243. The Morgan fingerprint density at radius 3 is 1.16 bits per heavy atom. The van der Waals surface area contributed by atoms with E-state index < -0.39 is 20.0 Å². The number of unbranched alkanes of at least 4 members (excludes halogenated alkanes) is 39. The van der Waals surface area contributed by atoms with Crippen molar-refractivity contribution in [2.45, 2.75) is 321 Å². The predicted molar refractivity (Wildman–Crippen MR) is 332 cm³/mol. The minimum absolute atomic E-state index is 0.0627. The van der Waals surface area contributed by atoms with Crippen LogP contribution in [-0.2, 0) is 18.4 Å². The van der Waals surface area contributed by atoms with Crippen molar-refractivity contribution in [3.05, 3.63) is 60.8 Å². The third-order valence-corrected chi connectivity index (χ3v) is 15.7. The average molecular weight is 1090 g/mol. The highest BCUT2D eigenvalue weighted by Gasteiger charge is 2.28. The van der Waals surface area contributed by atoms with Crippen LogP contribution in [0.5, 0.6) is 0 Å². The smallest absolute Gasteiger partial charge is 0.387 e. The van der Waals surface area contributed by atoms with Gasteiger partial charge in [0.2, 0.25) is 5.91 Å². The summed E-state index contributed by atoms with van der Waals surface area (Å²) in [6.45, 7) is 4.74. The summed E-state index contributed by atoms with van der Waals surface area (Å²) >= 11 is 0. The van der Waals surface area contributed by atoms with E-state index >= 15 is 0 Å². The molecule has 8 nitrogen and oxygen atoms in total. The molecule has 3 unspecified atom stereocenters. The number of phosphoric acid groups is 1. The number of carbonyl (C=O) groups excluding carboxylic acids is 1. The molecule has 0 aliphatic rings. The molecule has 0 rings (SSSR count). The number of nitrogens with zero attached hydrogens (tertiary/aromatic N) is 1. The number of hydrogen-bond donors (Lipinski definition) is 3. The molecule has 0 fully saturated rings. The van der Waals surface area contributed by atoms with Gasteiger partial charge in [-0.3, -0.25) is 13.8 Å². The monoisotopic (exact) mass is 1090 g/mol. The summed E-state index contributed by atoms with van der Waals surface area (Å²) < 4.78 is 23.8. The molecule has 76 heavy (non-hydrogen) atoms. The molecule has 0 spiro atoms. The van der Waals surface area contributed by atoms with Crippen LogP contribution >= 0.6 is 7.82 Å². The number of quaternary nitrogens is 1. The Labute approximate surface area is 472 Å². The molecule has 0 saturated carbocycles. The van der Waals surface area contributed by atoms with E-state index in [9.17, 15) is 19.4 Å². The zero-order chi connectivity index (χ0) is 55.6. The Bertz CT molecular complexity index is 1420. The molecule has 0 aliphatic carbocycles. The Morgan fingerprint density at radius 1 is 0.461 bits per heavy atom. The van der Waals surface area contributed by atoms with E-state index in [2.05, 4.69) is 67.8 Å². The fourth-order valence-corrected chi connectivity index (χ4v) is 10.4. The van der Waals surface area contributed by atoms with Gasteiger partial charge in [0.05, 0.1) is 39.9 Å². The zero-order valence-electron chi connectivity index (χ0n) is 51.0. The lowest BCUT2D eigenvalue weighted by molar-refractivity contribution is -0.870. The molecule has 9 heteroatoms. The molecular formula is C67H128N2O6P+. The second-order valence-electron chi connectivity index (χ2n) is 23.5. The molecule has 3 atom stereocenters. The number of rotatable bonds is 60. The maximum Gasteiger partial charge on any atom is 0.472 e. The van der Waals surface area contributed by atoms with E-state index in [0.29, 0.717) is 17.4 Å². The van der Waals surface area contributed by atoms with Crippen molar-refractivity contribution in [1.82, 2.24) is 5.32 Å². The van der Waals surface area contributed by atoms with Gasteiger partial charge in [-0.05, 0) is 57.8 Å². The standard InChI is InChI=1S/C67H127N2O6P/c1-6-8-10-12-14-16-18-20-22-24-25-26-27-28-29-30-31-32-33-34-35-36-37-38-39-40-41-42-43-45-47-49-51-53-55-57-59-61-67(71)68-65(64-75-76(72,73)74-63-62-69(3,4)5)66(70)60-58-56-54-52-50-48-46-44-23-21-19-17-15-13-11-9-7-2/h8,10,14,16,20,22,25-26,58,60,65-66,70H,6-7,9,11-13,15,17-19,21,23-24,27-57,59,61-64H2,1-5H3,(H-,68,71,72,73)/p+1/b10-8-,16-14-,22-20-,26-25-,60-58+. The zero-order valence-corrected chi connectivity index (χ0v) is 51.9. The van der Waals surface area contributed by atoms with E-state index in [1.54, 1.807) is 6.08 Å². The number of aliphatic hydroxyl groups excluding tert-OH is 1. The van der Waals surface area contributed by atoms with Gasteiger partial charge in [0.15, 0.2) is 0 Å². The van der Waals surface area contributed by atoms with Gasteiger partial charge in [-0.2, -0.15) is 0 Å². The Morgan fingerprint density at radius 2 is 0.789 bits per heavy atom. The molecule has 0 radical (unpaired) electrons. The Hall–Kier alpha value is -1.80. The van der Waals surface area contributed by atoms with Crippen LogP contribution < -0.4 is 5.32 Å². The average Bonchev–Trinajstić information content (AvgIpc) is 3.38. The van der Waals surface area contributed by atoms with Gasteiger partial charge in [0.25, 0.3) is 0 Å². The second kappa shape index (κ2) is 57.9. The highest BCUT2D eigenvalue weighted by Crippen LogP contribution is 2.43.